The van der Waals surface area contributed by atoms with Crippen LogP contribution in [-0.2, 0) is 21.2 Å². The molecule has 1 fully saturated rings. The molecule has 2 heterocycles. The SMILES string of the molecule is COc1ccc(S(=O)(=O)N2CCN(C(=O)[C@@H]3COc4ccc(Cl)cc4C3)CC2)cc1[N+](=O)[O-]. The van der Waals surface area contributed by atoms with E-state index in [0.717, 1.165) is 11.6 Å². The summed E-state index contributed by atoms with van der Waals surface area (Å²) in [6, 6.07) is 8.84. The van der Waals surface area contributed by atoms with Gasteiger partial charge in [0, 0.05) is 37.3 Å². The molecule has 0 spiro atoms. The molecule has 1 amide bonds. The van der Waals surface area contributed by atoms with Crippen LogP contribution in [0.5, 0.6) is 11.5 Å². The van der Waals surface area contributed by atoms with Crippen molar-refractivity contribution in [1.82, 2.24) is 9.21 Å². The number of halogens is 1. The topological polar surface area (TPSA) is 119 Å². The molecule has 2 aliphatic heterocycles. The summed E-state index contributed by atoms with van der Waals surface area (Å²) in [6.45, 7) is 0.861. The smallest absolute Gasteiger partial charge is 0.312 e. The van der Waals surface area contributed by atoms with Gasteiger partial charge in [-0.15, -0.1) is 0 Å². The molecule has 0 saturated carbocycles. The quantitative estimate of drug-likeness (QED) is 0.461. The van der Waals surface area contributed by atoms with Crippen molar-refractivity contribution >= 4 is 33.2 Å². The zero-order valence-electron chi connectivity index (χ0n) is 17.8. The fraction of sp³-hybridized carbons (Fsp3) is 0.381. The number of piperazine rings is 1. The molecule has 0 bridgehead atoms. The first-order valence-electron chi connectivity index (χ1n) is 10.2. The molecule has 1 atom stereocenters. The first kappa shape index (κ1) is 23.3. The second-order valence-corrected chi connectivity index (χ2v) is 10.2. The van der Waals surface area contributed by atoms with E-state index in [0.29, 0.717) is 17.2 Å². The highest BCUT2D eigenvalue weighted by Crippen LogP contribution is 2.32. The number of methoxy groups -OCH3 is 1. The highest BCUT2D eigenvalue weighted by molar-refractivity contribution is 7.89. The molecule has 176 valence electrons. The predicted octanol–water partition coefficient (Wildman–Crippen LogP) is 2.34. The monoisotopic (exact) mass is 495 g/mol. The summed E-state index contributed by atoms with van der Waals surface area (Å²) >= 11 is 6.05. The number of fused-ring (bicyclic) bond motifs is 1. The van der Waals surface area contributed by atoms with Crippen molar-refractivity contribution < 1.29 is 27.6 Å². The van der Waals surface area contributed by atoms with Crippen LogP contribution in [0.1, 0.15) is 5.56 Å². The highest BCUT2D eigenvalue weighted by atomic mass is 35.5. The Morgan fingerprint density at radius 1 is 1.18 bits per heavy atom. The van der Waals surface area contributed by atoms with Crippen LogP contribution in [0, 0.1) is 16.0 Å². The number of hydrogen-bond donors (Lipinski definition) is 0. The summed E-state index contributed by atoms with van der Waals surface area (Å²) in [5.41, 5.74) is 0.444. The number of ether oxygens (including phenoxy) is 2. The number of nitrogens with zero attached hydrogens (tertiary/aromatic N) is 3. The Hall–Kier alpha value is -2.89. The van der Waals surface area contributed by atoms with Crippen LogP contribution in [-0.4, -0.2) is 68.3 Å². The van der Waals surface area contributed by atoms with Gasteiger partial charge in [0.25, 0.3) is 0 Å². The van der Waals surface area contributed by atoms with E-state index < -0.39 is 20.6 Å². The van der Waals surface area contributed by atoms with Crippen LogP contribution in [0.4, 0.5) is 5.69 Å². The zero-order valence-corrected chi connectivity index (χ0v) is 19.3. The molecule has 0 aromatic heterocycles. The maximum atomic E-state index is 13.0. The van der Waals surface area contributed by atoms with Gasteiger partial charge in [-0.2, -0.15) is 4.31 Å². The molecule has 33 heavy (non-hydrogen) atoms. The van der Waals surface area contributed by atoms with Crippen molar-refractivity contribution in [2.24, 2.45) is 5.92 Å². The number of amides is 1. The minimum atomic E-state index is -3.97. The van der Waals surface area contributed by atoms with Gasteiger partial charge in [-0.3, -0.25) is 14.9 Å². The summed E-state index contributed by atoms with van der Waals surface area (Å²) in [7, 11) is -2.69. The number of carbonyl (C=O) groups is 1. The molecule has 4 rings (SSSR count). The van der Waals surface area contributed by atoms with Gasteiger partial charge in [-0.05, 0) is 42.3 Å². The largest absolute Gasteiger partial charge is 0.492 e. The maximum Gasteiger partial charge on any atom is 0.312 e. The predicted molar refractivity (Wildman–Crippen MR) is 119 cm³/mol. The average Bonchev–Trinajstić information content (AvgIpc) is 2.82. The van der Waals surface area contributed by atoms with Gasteiger partial charge in [0.05, 0.1) is 22.8 Å². The molecule has 2 aromatic rings. The van der Waals surface area contributed by atoms with Crippen LogP contribution in [0.25, 0.3) is 0 Å². The van der Waals surface area contributed by atoms with Crippen molar-refractivity contribution in [1.29, 1.82) is 0 Å². The third-order valence-electron chi connectivity index (χ3n) is 5.81. The van der Waals surface area contributed by atoms with Crippen molar-refractivity contribution in [3.8, 4) is 11.5 Å². The molecule has 0 radical (unpaired) electrons. The molecule has 0 unspecified atom stereocenters. The minimum absolute atomic E-state index is 0.0214. The molecule has 12 heteroatoms. The Morgan fingerprint density at radius 3 is 2.58 bits per heavy atom. The third kappa shape index (κ3) is 4.61. The zero-order chi connectivity index (χ0) is 23.8. The van der Waals surface area contributed by atoms with E-state index in [2.05, 4.69) is 0 Å². The fourth-order valence-electron chi connectivity index (χ4n) is 4.05. The lowest BCUT2D eigenvalue weighted by atomic mass is 9.95. The Labute approximate surface area is 195 Å². The Bertz CT molecular complexity index is 1200. The summed E-state index contributed by atoms with van der Waals surface area (Å²) < 4.78 is 37.9. The van der Waals surface area contributed by atoms with Crippen LogP contribution in [0.15, 0.2) is 41.3 Å². The van der Waals surface area contributed by atoms with E-state index in [-0.39, 0.29) is 55.3 Å². The number of sulfonamides is 1. The second-order valence-electron chi connectivity index (χ2n) is 7.78. The lowest BCUT2D eigenvalue weighted by Crippen LogP contribution is -2.52. The Balaban J connectivity index is 1.43. The van der Waals surface area contributed by atoms with Crippen LogP contribution in [0.2, 0.25) is 5.02 Å². The number of nitro groups is 1. The molecule has 2 aliphatic rings. The van der Waals surface area contributed by atoms with Crippen LogP contribution in [0.3, 0.4) is 0 Å². The first-order chi connectivity index (χ1) is 15.7. The van der Waals surface area contributed by atoms with Crippen molar-refractivity contribution in [3.05, 3.63) is 57.1 Å². The van der Waals surface area contributed by atoms with Gasteiger partial charge >= 0.3 is 5.69 Å². The molecule has 10 nitrogen and oxygen atoms in total. The lowest BCUT2D eigenvalue weighted by Gasteiger charge is -2.36. The van der Waals surface area contributed by atoms with E-state index in [4.69, 9.17) is 21.1 Å². The first-order valence-corrected chi connectivity index (χ1v) is 12.0. The van der Waals surface area contributed by atoms with E-state index >= 15 is 0 Å². The van der Waals surface area contributed by atoms with Crippen molar-refractivity contribution in [3.63, 3.8) is 0 Å². The lowest BCUT2D eigenvalue weighted by molar-refractivity contribution is -0.386. The Kier molecular flexibility index (Phi) is 6.46. The van der Waals surface area contributed by atoms with E-state index in [9.17, 15) is 23.3 Å². The summed E-state index contributed by atoms with van der Waals surface area (Å²) in [5, 5.41) is 11.8. The number of hydrogen-bond acceptors (Lipinski definition) is 7. The molecule has 0 aliphatic carbocycles. The highest BCUT2D eigenvalue weighted by Gasteiger charge is 2.35. The minimum Gasteiger partial charge on any atom is -0.492 e. The van der Waals surface area contributed by atoms with Gasteiger partial charge in [-0.25, -0.2) is 8.42 Å². The van der Waals surface area contributed by atoms with Gasteiger partial charge in [0.2, 0.25) is 15.9 Å². The van der Waals surface area contributed by atoms with Gasteiger partial charge in [0.1, 0.15) is 12.4 Å². The van der Waals surface area contributed by atoms with Gasteiger partial charge in [0.15, 0.2) is 5.75 Å². The molecule has 1 saturated heterocycles. The number of carbonyl (C=O) groups excluding carboxylic acids is 1. The number of benzene rings is 2. The normalized spacial score (nSPS) is 18.8. The van der Waals surface area contributed by atoms with Gasteiger partial charge < -0.3 is 14.4 Å². The molecular formula is C21H22ClN3O7S. The summed E-state index contributed by atoms with van der Waals surface area (Å²) in [4.78, 5) is 25.0. The standard InChI is InChI=1S/C21H22ClN3O7S/c1-31-20-5-3-17(12-18(20)25(27)28)33(29,30)24-8-6-23(7-9-24)21(26)15-10-14-11-16(22)2-4-19(14)32-13-15/h2-5,11-12,15H,6-10,13H2,1H3/t15-/m0/s1. The fourth-order valence-corrected chi connectivity index (χ4v) is 5.69. The van der Waals surface area contributed by atoms with E-state index in [1.807, 2.05) is 0 Å². The van der Waals surface area contributed by atoms with E-state index in [1.165, 1.54) is 23.5 Å². The summed E-state index contributed by atoms with van der Waals surface area (Å²) in [5.74, 6) is 0.223. The van der Waals surface area contributed by atoms with Gasteiger partial charge in [-0.1, -0.05) is 11.6 Å². The number of nitro benzene ring substituents is 1. The van der Waals surface area contributed by atoms with Crippen molar-refractivity contribution in [2.75, 3.05) is 39.9 Å². The third-order valence-corrected chi connectivity index (χ3v) is 7.94. The Morgan fingerprint density at radius 2 is 1.91 bits per heavy atom. The van der Waals surface area contributed by atoms with Crippen molar-refractivity contribution in [2.45, 2.75) is 11.3 Å². The van der Waals surface area contributed by atoms with E-state index in [1.54, 1.807) is 23.1 Å². The molecule has 2 aromatic carbocycles. The maximum absolute atomic E-state index is 13.0. The second kappa shape index (κ2) is 9.16. The summed E-state index contributed by atoms with van der Waals surface area (Å²) in [6.07, 6.45) is 0.503. The molecule has 0 N–H and O–H groups in total. The van der Waals surface area contributed by atoms with Crippen LogP contribution < -0.4 is 9.47 Å². The van der Waals surface area contributed by atoms with Crippen LogP contribution >= 0.6 is 11.6 Å². The molecular weight excluding hydrogens is 474 g/mol. The number of rotatable bonds is 5. The average molecular weight is 496 g/mol.